The molecule has 1 heterocycles. The van der Waals surface area contributed by atoms with Gasteiger partial charge in [-0.15, -0.1) is 0 Å². The maximum atomic E-state index is 12.2. The summed E-state index contributed by atoms with van der Waals surface area (Å²) in [4.78, 5) is 14.0. The summed E-state index contributed by atoms with van der Waals surface area (Å²) in [7, 11) is 1.88. The molecular weight excluding hydrogens is 242 g/mol. The van der Waals surface area contributed by atoms with Gasteiger partial charge >= 0.3 is 6.03 Å². The van der Waals surface area contributed by atoms with Gasteiger partial charge < -0.3 is 20.3 Å². The number of rotatable bonds is 3. The normalized spacial score (nSPS) is 19.3. The molecule has 0 spiro atoms. The molecule has 0 saturated carbocycles. The van der Waals surface area contributed by atoms with Gasteiger partial charge in [0.15, 0.2) is 0 Å². The first-order chi connectivity index (χ1) is 9.19. The molecule has 0 bridgehead atoms. The molecule has 5 nitrogen and oxygen atoms in total. The second kappa shape index (κ2) is 6.54. The average Bonchev–Trinajstić information content (AvgIpc) is 2.39. The zero-order chi connectivity index (χ0) is 13.7. The minimum Gasteiger partial charge on any atom is -0.373 e. The smallest absolute Gasteiger partial charge is 0.322 e. The summed E-state index contributed by atoms with van der Waals surface area (Å²) in [5.41, 5.74) is 1.97. The van der Waals surface area contributed by atoms with Gasteiger partial charge in [0, 0.05) is 25.3 Å². The van der Waals surface area contributed by atoms with Gasteiger partial charge in [0.2, 0.25) is 0 Å². The van der Waals surface area contributed by atoms with Gasteiger partial charge in [-0.25, -0.2) is 4.79 Å². The molecule has 1 aliphatic heterocycles. The second-order valence-electron chi connectivity index (χ2n) is 4.80. The van der Waals surface area contributed by atoms with Crippen LogP contribution in [0.25, 0.3) is 0 Å². The molecule has 1 aliphatic rings. The fourth-order valence-corrected chi connectivity index (χ4v) is 2.18. The Morgan fingerprint density at radius 1 is 1.53 bits per heavy atom. The molecule has 1 aromatic carbocycles. The van der Waals surface area contributed by atoms with E-state index >= 15 is 0 Å². The number of morpholine rings is 1. The lowest BCUT2D eigenvalue weighted by Gasteiger charge is -2.32. The fraction of sp³-hybridized carbons (Fsp3) is 0.500. The lowest BCUT2D eigenvalue weighted by Crippen LogP contribution is -2.49. The van der Waals surface area contributed by atoms with E-state index in [0.29, 0.717) is 19.7 Å². The van der Waals surface area contributed by atoms with Crippen molar-refractivity contribution in [1.82, 2.24) is 10.2 Å². The van der Waals surface area contributed by atoms with Crippen LogP contribution in [-0.4, -0.2) is 50.3 Å². The maximum absolute atomic E-state index is 12.2. The van der Waals surface area contributed by atoms with Crippen molar-refractivity contribution in [3.63, 3.8) is 0 Å². The number of anilines is 1. The van der Waals surface area contributed by atoms with Gasteiger partial charge in [0.25, 0.3) is 0 Å². The van der Waals surface area contributed by atoms with E-state index in [1.54, 1.807) is 4.90 Å². The number of carbonyl (C=O) groups excluding carboxylic acids is 1. The van der Waals surface area contributed by atoms with Crippen LogP contribution in [0.2, 0.25) is 0 Å². The molecule has 2 rings (SSSR count). The Labute approximate surface area is 113 Å². The van der Waals surface area contributed by atoms with Crippen LogP contribution in [0.4, 0.5) is 10.5 Å². The largest absolute Gasteiger partial charge is 0.373 e. The molecule has 0 radical (unpaired) electrons. The van der Waals surface area contributed by atoms with Gasteiger partial charge in [-0.1, -0.05) is 12.1 Å². The number of urea groups is 1. The van der Waals surface area contributed by atoms with E-state index in [9.17, 15) is 4.79 Å². The molecule has 19 heavy (non-hydrogen) atoms. The predicted molar refractivity (Wildman–Crippen MR) is 75.4 cm³/mol. The van der Waals surface area contributed by atoms with Gasteiger partial charge in [-0.3, -0.25) is 0 Å². The van der Waals surface area contributed by atoms with Crippen molar-refractivity contribution >= 4 is 11.7 Å². The van der Waals surface area contributed by atoms with Gasteiger partial charge in [0.05, 0.1) is 12.7 Å². The second-order valence-corrected chi connectivity index (χ2v) is 4.80. The third-order valence-electron chi connectivity index (χ3n) is 3.13. The average molecular weight is 263 g/mol. The van der Waals surface area contributed by atoms with E-state index in [2.05, 4.69) is 10.6 Å². The topological polar surface area (TPSA) is 53.6 Å². The van der Waals surface area contributed by atoms with Crippen molar-refractivity contribution < 1.29 is 9.53 Å². The van der Waals surface area contributed by atoms with Crippen molar-refractivity contribution in [2.24, 2.45) is 0 Å². The summed E-state index contributed by atoms with van der Waals surface area (Å²) in [5, 5.41) is 6.00. The van der Waals surface area contributed by atoms with Crippen molar-refractivity contribution in [3.05, 3.63) is 29.8 Å². The Bertz CT molecular complexity index is 434. The van der Waals surface area contributed by atoms with E-state index in [1.165, 1.54) is 0 Å². The number of likely N-dealkylation sites (N-methyl/N-ethyl adjacent to an activating group) is 1. The van der Waals surface area contributed by atoms with E-state index in [0.717, 1.165) is 17.8 Å². The molecule has 2 amide bonds. The summed E-state index contributed by atoms with van der Waals surface area (Å²) in [6, 6.07) is 7.75. The molecule has 5 heteroatoms. The molecule has 1 atom stereocenters. The number of nitrogens with zero attached hydrogens (tertiary/aromatic N) is 1. The van der Waals surface area contributed by atoms with Crippen LogP contribution in [0.15, 0.2) is 24.3 Å². The standard InChI is InChI=1S/C14H21N3O2/c1-11-4-3-5-12(8-11)16-14(18)17-6-7-19-13(10-17)9-15-2/h3-5,8,13,15H,6-7,9-10H2,1-2H3,(H,16,18). The van der Waals surface area contributed by atoms with Gasteiger partial charge in [-0.05, 0) is 31.7 Å². The van der Waals surface area contributed by atoms with Crippen LogP contribution in [0.5, 0.6) is 0 Å². The number of benzene rings is 1. The van der Waals surface area contributed by atoms with Crippen molar-refractivity contribution in [3.8, 4) is 0 Å². The van der Waals surface area contributed by atoms with Crippen LogP contribution >= 0.6 is 0 Å². The highest BCUT2D eigenvalue weighted by Gasteiger charge is 2.23. The van der Waals surface area contributed by atoms with Gasteiger partial charge in [-0.2, -0.15) is 0 Å². The number of nitrogens with one attached hydrogen (secondary N) is 2. The monoisotopic (exact) mass is 263 g/mol. The maximum Gasteiger partial charge on any atom is 0.322 e. The quantitative estimate of drug-likeness (QED) is 0.868. The number of hydrogen-bond acceptors (Lipinski definition) is 3. The fourth-order valence-electron chi connectivity index (χ4n) is 2.18. The molecule has 1 fully saturated rings. The summed E-state index contributed by atoms with van der Waals surface area (Å²) >= 11 is 0. The third-order valence-corrected chi connectivity index (χ3v) is 3.13. The highest BCUT2D eigenvalue weighted by atomic mass is 16.5. The van der Waals surface area contributed by atoms with E-state index < -0.39 is 0 Å². The molecule has 1 saturated heterocycles. The zero-order valence-electron chi connectivity index (χ0n) is 11.5. The molecule has 0 aromatic heterocycles. The SMILES string of the molecule is CNCC1CN(C(=O)Nc2cccc(C)c2)CCO1. The van der Waals surface area contributed by atoms with Crippen LogP contribution in [0.3, 0.4) is 0 Å². The predicted octanol–water partition coefficient (Wildman–Crippen LogP) is 1.45. The molecule has 1 unspecified atom stereocenters. The molecule has 1 aromatic rings. The zero-order valence-corrected chi connectivity index (χ0v) is 11.5. The Morgan fingerprint density at radius 3 is 3.11 bits per heavy atom. The number of carbonyl (C=O) groups is 1. The summed E-state index contributed by atoms with van der Waals surface area (Å²) in [6.45, 7) is 4.62. The first-order valence-electron chi connectivity index (χ1n) is 6.58. The lowest BCUT2D eigenvalue weighted by atomic mass is 10.2. The summed E-state index contributed by atoms with van der Waals surface area (Å²) in [5.74, 6) is 0. The Balaban J connectivity index is 1.92. The molecule has 104 valence electrons. The number of amides is 2. The summed E-state index contributed by atoms with van der Waals surface area (Å²) in [6.07, 6.45) is 0.0713. The summed E-state index contributed by atoms with van der Waals surface area (Å²) < 4.78 is 5.58. The molecular formula is C14H21N3O2. The van der Waals surface area contributed by atoms with E-state index in [1.807, 2.05) is 38.2 Å². The van der Waals surface area contributed by atoms with E-state index in [-0.39, 0.29) is 12.1 Å². The Morgan fingerprint density at radius 2 is 2.37 bits per heavy atom. The number of hydrogen-bond donors (Lipinski definition) is 2. The highest BCUT2D eigenvalue weighted by Crippen LogP contribution is 2.12. The van der Waals surface area contributed by atoms with Crippen LogP contribution in [0, 0.1) is 6.92 Å². The third kappa shape index (κ3) is 3.94. The number of ether oxygens (including phenoxy) is 1. The minimum atomic E-state index is -0.0602. The highest BCUT2D eigenvalue weighted by molar-refractivity contribution is 5.89. The lowest BCUT2D eigenvalue weighted by molar-refractivity contribution is -0.00999. The molecule has 2 N–H and O–H groups in total. The van der Waals surface area contributed by atoms with Gasteiger partial charge in [0.1, 0.15) is 0 Å². The minimum absolute atomic E-state index is 0.0602. The Hall–Kier alpha value is -1.59. The van der Waals surface area contributed by atoms with Crippen molar-refractivity contribution in [1.29, 1.82) is 0 Å². The molecule has 0 aliphatic carbocycles. The van der Waals surface area contributed by atoms with Crippen LogP contribution < -0.4 is 10.6 Å². The first kappa shape index (κ1) is 13.8. The first-order valence-corrected chi connectivity index (χ1v) is 6.58. The van der Waals surface area contributed by atoms with Crippen molar-refractivity contribution in [2.75, 3.05) is 38.6 Å². The van der Waals surface area contributed by atoms with Crippen LogP contribution in [0.1, 0.15) is 5.56 Å². The number of aryl methyl sites for hydroxylation is 1. The van der Waals surface area contributed by atoms with Crippen LogP contribution in [-0.2, 0) is 4.74 Å². The van der Waals surface area contributed by atoms with Crippen molar-refractivity contribution in [2.45, 2.75) is 13.0 Å². The Kier molecular flexibility index (Phi) is 4.76. The van der Waals surface area contributed by atoms with E-state index in [4.69, 9.17) is 4.74 Å².